The molecule has 0 unspecified atom stereocenters. The van der Waals surface area contributed by atoms with Crippen molar-refractivity contribution in [2.75, 3.05) is 12.3 Å². The van der Waals surface area contributed by atoms with E-state index in [0.29, 0.717) is 30.8 Å². The van der Waals surface area contributed by atoms with Crippen LogP contribution in [0, 0.1) is 5.82 Å². The number of fused-ring (bicyclic) bond motifs is 1. The number of nitrogens with zero attached hydrogens (tertiary/aromatic N) is 3. The summed E-state index contributed by atoms with van der Waals surface area (Å²) in [5, 5.41) is 0. The quantitative estimate of drug-likeness (QED) is 0.755. The Morgan fingerprint density at radius 1 is 1.21 bits per heavy atom. The van der Waals surface area contributed by atoms with Crippen molar-refractivity contribution in [3.8, 4) is 5.75 Å². The van der Waals surface area contributed by atoms with Gasteiger partial charge in [0.1, 0.15) is 18.2 Å². The molecule has 0 spiro atoms. The zero-order chi connectivity index (χ0) is 19.5. The number of halogens is 1. The SMILES string of the molecule is Nc1ncc2c(n1)CCN(C(=O)c1cccc(COc3cccc(F)c3)c1)C2. The Morgan fingerprint density at radius 2 is 2.07 bits per heavy atom. The van der Waals surface area contributed by atoms with Crippen molar-refractivity contribution < 1.29 is 13.9 Å². The average molecular weight is 378 g/mol. The van der Waals surface area contributed by atoms with E-state index in [1.807, 2.05) is 12.1 Å². The molecular weight excluding hydrogens is 359 g/mol. The number of carbonyl (C=O) groups is 1. The number of amides is 1. The van der Waals surface area contributed by atoms with Crippen molar-refractivity contribution >= 4 is 11.9 Å². The third-order valence-electron chi connectivity index (χ3n) is 4.62. The molecule has 1 aromatic heterocycles. The molecule has 28 heavy (non-hydrogen) atoms. The van der Waals surface area contributed by atoms with Crippen molar-refractivity contribution in [1.29, 1.82) is 0 Å². The fourth-order valence-corrected chi connectivity index (χ4v) is 3.21. The van der Waals surface area contributed by atoms with Crippen molar-refractivity contribution in [3.05, 3.63) is 82.9 Å². The van der Waals surface area contributed by atoms with Gasteiger partial charge >= 0.3 is 0 Å². The van der Waals surface area contributed by atoms with Gasteiger partial charge in [0.25, 0.3) is 5.91 Å². The first-order chi connectivity index (χ1) is 13.6. The van der Waals surface area contributed by atoms with Gasteiger partial charge in [0.05, 0.1) is 5.69 Å². The number of ether oxygens (including phenoxy) is 1. The molecule has 7 heteroatoms. The van der Waals surface area contributed by atoms with E-state index >= 15 is 0 Å². The van der Waals surface area contributed by atoms with Crippen molar-refractivity contribution in [2.24, 2.45) is 0 Å². The Balaban J connectivity index is 1.45. The number of anilines is 1. The molecule has 0 saturated carbocycles. The summed E-state index contributed by atoms with van der Waals surface area (Å²) >= 11 is 0. The molecule has 1 aliphatic heterocycles. The number of carbonyl (C=O) groups excluding carboxylic acids is 1. The van der Waals surface area contributed by atoms with E-state index in [4.69, 9.17) is 10.5 Å². The standard InChI is InChI=1S/C21H19FN4O2/c22-17-5-2-6-18(10-17)28-13-14-3-1-4-15(9-14)20(27)26-8-7-19-16(12-26)11-24-21(23)25-19/h1-6,9-11H,7-8,12-13H2,(H2,23,24,25). The van der Waals surface area contributed by atoms with Gasteiger partial charge in [-0.2, -0.15) is 0 Å². The Kier molecular flexibility index (Phi) is 4.89. The number of nitrogens with two attached hydrogens (primary N) is 1. The van der Waals surface area contributed by atoms with Gasteiger partial charge in [-0.15, -0.1) is 0 Å². The second-order valence-corrected chi connectivity index (χ2v) is 6.62. The number of aromatic nitrogens is 2. The summed E-state index contributed by atoms with van der Waals surface area (Å²) in [7, 11) is 0. The van der Waals surface area contributed by atoms with Crippen LogP contribution in [-0.2, 0) is 19.6 Å². The third-order valence-corrected chi connectivity index (χ3v) is 4.62. The number of hydrogen-bond acceptors (Lipinski definition) is 5. The monoisotopic (exact) mass is 378 g/mol. The Morgan fingerprint density at radius 3 is 2.93 bits per heavy atom. The first-order valence-corrected chi connectivity index (χ1v) is 8.95. The smallest absolute Gasteiger partial charge is 0.254 e. The highest BCUT2D eigenvalue weighted by Gasteiger charge is 2.23. The predicted octanol–water partition coefficient (Wildman–Crippen LogP) is 2.98. The first kappa shape index (κ1) is 17.9. The van der Waals surface area contributed by atoms with Gasteiger partial charge in [-0.25, -0.2) is 14.4 Å². The number of benzene rings is 2. The molecule has 1 amide bonds. The molecule has 3 aromatic rings. The van der Waals surface area contributed by atoms with E-state index in [2.05, 4.69) is 9.97 Å². The summed E-state index contributed by atoms with van der Waals surface area (Å²) in [5.74, 6) is 0.292. The zero-order valence-electron chi connectivity index (χ0n) is 15.1. The van der Waals surface area contributed by atoms with Crippen LogP contribution in [0.2, 0.25) is 0 Å². The van der Waals surface area contributed by atoms with Crippen LogP contribution in [-0.4, -0.2) is 27.3 Å². The maximum atomic E-state index is 13.3. The van der Waals surface area contributed by atoms with Crippen molar-refractivity contribution in [1.82, 2.24) is 14.9 Å². The molecule has 0 bridgehead atoms. The van der Waals surface area contributed by atoms with Crippen LogP contribution >= 0.6 is 0 Å². The maximum Gasteiger partial charge on any atom is 0.254 e. The number of rotatable bonds is 4. The summed E-state index contributed by atoms with van der Waals surface area (Å²) in [6, 6.07) is 13.3. The molecule has 142 valence electrons. The molecule has 0 aliphatic carbocycles. The minimum atomic E-state index is -0.349. The maximum absolute atomic E-state index is 13.3. The van der Waals surface area contributed by atoms with Crippen LogP contribution in [0.4, 0.5) is 10.3 Å². The van der Waals surface area contributed by atoms with Crippen LogP contribution in [0.25, 0.3) is 0 Å². The first-order valence-electron chi connectivity index (χ1n) is 8.95. The molecule has 0 radical (unpaired) electrons. The largest absolute Gasteiger partial charge is 0.489 e. The third kappa shape index (κ3) is 3.93. The van der Waals surface area contributed by atoms with Crippen LogP contribution in [0.1, 0.15) is 27.2 Å². The van der Waals surface area contributed by atoms with Gasteiger partial charge in [0.15, 0.2) is 0 Å². The molecule has 0 saturated heterocycles. The van der Waals surface area contributed by atoms with Gasteiger partial charge in [-0.05, 0) is 29.8 Å². The lowest BCUT2D eigenvalue weighted by atomic mass is 10.0. The van der Waals surface area contributed by atoms with Gasteiger partial charge < -0.3 is 15.4 Å². The second-order valence-electron chi connectivity index (χ2n) is 6.62. The average Bonchev–Trinajstić information content (AvgIpc) is 2.71. The Bertz CT molecular complexity index is 1020. The van der Waals surface area contributed by atoms with Gasteiger partial charge in [-0.3, -0.25) is 4.79 Å². The summed E-state index contributed by atoms with van der Waals surface area (Å²) in [4.78, 5) is 22.9. The molecule has 2 aromatic carbocycles. The van der Waals surface area contributed by atoms with Crippen LogP contribution in [0.3, 0.4) is 0 Å². The van der Waals surface area contributed by atoms with E-state index in [0.717, 1.165) is 16.8 Å². The lowest BCUT2D eigenvalue weighted by Gasteiger charge is -2.28. The van der Waals surface area contributed by atoms with E-state index in [1.165, 1.54) is 12.1 Å². The molecule has 2 N–H and O–H groups in total. The van der Waals surface area contributed by atoms with E-state index in [-0.39, 0.29) is 24.3 Å². The molecule has 2 heterocycles. The molecular formula is C21H19FN4O2. The molecule has 0 fully saturated rings. The fraction of sp³-hybridized carbons (Fsp3) is 0.190. The molecule has 4 rings (SSSR count). The van der Waals surface area contributed by atoms with Crippen molar-refractivity contribution in [2.45, 2.75) is 19.6 Å². The molecule has 1 aliphatic rings. The fourth-order valence-electron chi connectivity index (χ4n) is 3.21. The van der Waals surface area contributed by atoms with E-state index in [1.54, 1.807) is 35.4 Å². The summed E-state index contributed by atoms with van der Waals surface area (Å²) in [6.07, 6.45) is 2.33. The second kappa shape index (κ2) is 7.64. The highest BCUT2D eigenvalue weighted by Crippen LogP contribution is 2.20. The molecule has 6 nitrogen and oxygen atoms in total. The highest BCUT2D eigenvalue weighted by atomic mass is 19.1. The summed E-state index contributed by atoms with van der Waals surface area (Å²) in [6.45, 7) is 1.28. The Labute approximate surface area is 161 Å². The number of hydrogen-bond donors (Lipinski definition) is 1. The number of nitrogen functional groups attached to an aromatic ring is 1. The Hall–Kier alpha value is -3.48. The lowest BCUT2D eigenvalue weighted by molar-refractivity contribution is 0.0733. The van der Waals surface area contributed by atoms with Crippen molar-refractivity contribution in [3.63, 3.8) is 0 Å². The summed E-state index contributed by atoms with van der Waals surface area (Å²) < 4.78 is 18.9. The summed E-state index contributed by atoms with van der Waals surface area (Å²) in [5.41, 5.74) is 8.86. The predicted molar refractivity (Wildman–Crippen MR) is 102 cm³/mol. The van der Waals surface area contributed by atoms with Gasteiger partial charge in [-0.1, -0.05) is 18.2 Å². The van der Waals surface area contributed by atoms with Crippen LogP contribution < -0.4 is 10.5 Å². The minimum absolute atomic E-state index is 0.0601. The van der Waals surface area contributed by atoms with Gasteiger partial charge in [0, 0.05) is 42.9 Å². The van der Waals surface area contributed by atoms with Crippen LogP contribution in [0.15, 0.2) is 54.7 Å². The highest BCUT2D eigenvalue weighted by molar-refractivity contribution is 5.94. The topological polar surface area (TPSA) is 81.3 Å². The van der Waals surface area contributed by atoms with E-state index < -0.39 is 0 Å². The minimum Gasteiger partial charge on any atom is -0.489 e. The van der Waals surface area contributed by atoms with Crippen LogP contribution in [0.5, 0.6) is 5.75 Å². The lowest BCUT2D eigenvalue weighted by Crippen LogP contribution is -2.36. The zero-order valence-corrected chi connectivity index (χ0v) is 15.1. The van der Waals surface area contributed by atoms with E-state index in [9.17, 15) is 9.18 Å². The normalized spacial score (nSPS) is 13.1. The van der Waals surface area contributed by atoms with Gasteiger partial charge in [0.2, 0.25) is 5.95 Å². The molecule has 0 atom stereocenters.